The third-order valence-corrected chi connectivity index (χ3v) is 13.0. The summed E-state index contributed by atoms with van der Waals surface area (Å²) in [5.41, 5.74) is 8.91. The Labute approximate surface area is 387 Å². The van der Waals surface area contributed by atoms with E-state index in [1.807, 2.05) is 0 Å². The quantitative estimate of drug-likeness (QED) is 0.0469. The van der Waals surface area contributed by atoms with Crippen LogP contribution in [0, 0.1) is 0 Å². The van der Waals surface area contributed by atoms with Gasteiger partial charge in [-0.25, -0.2) is 4.99 Å². The molecule has 2 rings (SSSR count). The highest BCUT2D eigenvalue weighted by Gasteiger charge is 2.06. The highest BCUT2D eigenvalue weighted by molar-refractivity contribution is 6.36. The average Bonchev–Trinajstić information content (AvgIpc) is 3.27. The van der Waals surface area contributed by atoms with Gasteiger partial charge in [-0.05, 0) is 117 Å². The highest BCUT2D eigenvalue weighted by atomic mass is 14.8. The molecule has 0 aliphatic heterocycles. The van der Waals surface area contributed by atoms with Gasteiger partial charge in [0.05, 0.1) is 23.3 Å². The van der Waals surface area contributed by atoms with Crippen LogP contribution in [0.25, 0.3) is 0 Å². The van der Waals surface area contributed by atoms with E-state index in [1.54, 1.807) is 0 Å². The van der Waals surface area contributed by atoms with E-state index in [-0.39, 0.29) is 0 Å². The second-order valence-corrected chi connectivity index (χ2v) is 19.3. The summed E-state index contributed by atoms with van der Waals surface area (Å²) in [5, 5.41) is 0. The van der Waals surface area contributed by atoms with E-state index in [0.29, 0.717) is 0 Å². The van der Waals surface area contributed by atoms with Gasteiger partial charge in [0.1, 0.15) is 0 Å². The third-order valence-electron chi connectivity index (χ3n) is 13.0. The Morgan fingerprint density at radius 2 is 0.629 bits per heavy atom. The molecular weight excluding hydrogens is 749 g/mol. The zero-order valence-corrected chi connectivity index (χ0v) is 42.2. The minimum Gasteiger partial charge on any atom is -0.255 e. The van der Waals surface area contributed by atoms with Gasteiger partial charge in [-0.1, -0.05) is 239 Å². The second-order valence-electron chi connectivity index (χ2n) is 19.3. The smallest absolute Gasteiger partial charge is 0.0816 e. The van der Waals surface area contributed by atoms with Gasteiger partial charge in [0, 0.05) is 0 Å². The lowest BCUT2D eigenvalue weighted by molar-refractivity contribution is 0.519. The van der Waals surface area contributed by atoms with Crippen LogP contribution in [0.3, 0.4) is 0 Å². The number of rotatable bonds is 43. The largest absolute Gasteiger partial charge is 0.255 e. The SMILES string of the molecule is CCCCCCCCCCCCCCCCCCCCCCCCC=CC(C=Nc1cc(CCCCC)cc(CCCCC)c1)=Nc1cc(CCCCC)cc(CCCCC)c1. The molecule has 0 N–H and O–H groups in total. The molecular formula is C60H102N2. The topological polar surface area (TPSA) is 24.7 Å². The zero-order valence-electron chi connectivity index (χ0n) is 42.2. The fourth-order valence-electron chi connectivity index (χ4n) is 8.99. The van der Waals surface area contributed by atoms with E-state index in [2.05, 4.69) is 89.4 Å². The van der Waals surface area contributed by atoms with Crippen molar-refractivity contribution in [3.63, 3.8) is 0 Å². The van der Waals surface area contributed by atoms with Gasteiger partial charge in [-0.2, -0.15) is 0 Å². The van der Waals surface area contributed by atoms with Crippen LogP contribution in [-0.4, -0.2) is 11.9 Å². The Morgan fingerprint density at radius 3 is 0.968 bits per heavy atom. The lowest BCUT2D eigenvalue weighted by Gasteiger charge is -2.09. The van der Waals surface area contributed by atoms with Gasteiger partial charge in [0.25, 0.3) is 0 Å². The Bertz CT molecular complexity index is 1340. The highest BCUT2D eigenvalue weighted by Crippen LogP contribution is 2.24. The van der Waals surface area contributed by atoms with Crippen molar-refractivity contribution in [3.05, 3.63) is 70.8 Å². The molecule has 0 fully saturated rings. The summed E-state index contributed by atoms with van der Waals surface area (Å²) in [4.78, 5) is 10.5. The number of hydrogen-bond donors (Lipinski definition) is 0. The molecule has 0 spiro atoms. The molecule has 2 nitrogen and oxygen atoms in total. The van der Waals surface area contributed by atoms with Gasteiger partial charge in [-0.3, -0.25) is 4.99 Å². The van der Waals surface area contributed by atoms with E-state index in [1.165, 1.54) is 241 Å². The van der Waals surface area contributed by atoms with Crippen molar-refractivity contribution < 1.29 is 0 Å². The minimum absolute atomic E-state index is 0.970. The fraction of sp³-hybridized carbons (Fsp3) is 0.733. The lowest BCUT2D eigenvalue weighted by atomic mass is 10.00. The first-order valence-corrected chi connectivity index (χ1v) is 27.7. The molecule has 2 heteroatoms. The van der Waals surface area contributed by atoms with Crippen molar-refractivity contribution >= 4 is 23.3 Å². The number of unbranched alkanes of at least 4 members (excludes halogenated alkanes) is 30. The monoisotopic (exact) mass is 851 g/mol. The van der Waals surface area contributed by atoms with Crippen molar-refractivity contribution in [2.75, 3.05) is 0 Å². The summed E-state index contributed by atoms with van der Waals surface area (Å²) < 4.78 is 0. The Kier molecular flexibility index (Phi) is 37.0. The maximum Gasteiger partial charge on any atom is 0.0816 e. The van der Waals surface area contributed by atoms with Crippen molar-refractivity contribution in [2.45, 2.75) is 285 Å². The van der Waals surface area contributed by atoms with Gasteiger partial charge >= 0.3 is 0 Å². The molecule has 0 aliphatic rings. The summed E-state index contributed by atoms with van der Waals surface area (Å²) in [7, 11) is 0. The number of aryl methyl sites for hydroxylation is 4. The van der Waals surface area contributed by atoms with E-state index >= 15 is 0 Å². The predicted molar refractivity (Wildman–Crippen MR) is 282 cm³/mol. The minimum atomic E-state index is 0.970. The van der Waals surface area contributed by atoms with Crippen molar-refractivity contribution in [1.29, 1.82) is 0 Å². The Balaban J connectivity index is 1.90. The molecule has 0 unspecified atom stereocenters. The van der Waals surface area contributed by atoms with Crippen molar-refractivity contribution in [3.8, 4) is 0 Å². The third kappa shape index (κ3) is 31.4. The second kappa shape index (κ2) is 41.2. The van der Waals surface area contributed by atoms with Gasteiger partial charge in [0.2, 0.25) is 0 Å². The van der Waals surface area contributed by atoms with Gasteiger partial charge in [0.15, 0.2) is 0 Å². The zero-order chi connectivity index (χ0) is 44.4. The van der Waals surface area contributed by atoms with Crippen molar-refractivity contribution in [1.82, 2.24) is 0 Å². The normalized spacial score (nSPS) is 12.2. The van der Waals surface area contributed by atoms with Crippen molar-refractivity contribution in [2.24, 2.45) is 9.98 Å². The van der Waals surface area contributed by atoms with E-state index in [0.717, 1.165) is 49.2 Å². The summed E-state index contributed by atoms with van der Waals surface area (Å²) in [6, 6.07) is 14.3. The molecule has 62 heavy (non-hydrogen) atoms. The molecule has 0 aromatic heterocycles. The van der Waals surface area contributed by atoms with Gasteiger partial charge in [-0.15, -0.1) is 0 Å². The molecule has 0 radical (unpaired) electrons. The first-order valence-electron chi connectivity index (χ1n) is 27.7. The molecule has 0 saturated carbocycles. The summed E-state index contributed by atoms with van der Waals surface area (Å²) in [6.45, 7) is 11.5. The van der Waals surface area contributed by atoms with Crippen LogP contribution in [0.2, 0.25) is 0 Å². The molecule has 352 valence electrons. The van der Waals surface area contributed by atoms with Crippen LogP contribution in [-0.2, 0) is 25.7 Å². The number of hydrogen-bond acceptors (Lipinski definition) is 2. The standard InChI is InChI=1S/C60H102N2/c1-6-11-16-17-18-19-20-21-22-23-24-25-26-27-28-29-30-31-32-33-34-35-36-41-46-58(62-60-51-56(44-39-14-9-4)48-57(52-60)45-40-15-10-5)53-61-59-49-54(42-37-12-7-2)47-55(50-59)43-38-13-8-3/h41,46-53H,6-40,42-45H2,1-5H3. The predicted octanol–water partition coefficient (Wildman–Crippen LogP) is 20.6. The lowest BCUT2D eigenvalue weighted by Crippen LogP contribution is -1.97. The molecule has 0 amide bonds. The Hall–Kier alpha value is -2.48. The van der Waals surface area contributed by atoms with Crippen LogP contribution in [0.1, 0.15) is 282 Å². The molecule has 0 bridgehead atoms. The number of aliphatic imine (C=N–C) groups is 2. The van der Waals surface area contributed by atoms with Crippen LogP contribution < -0.4 is 0 Å². The molecule has 2 aromatic rings. The van der Waals surface area contributed by atoms with E-state index in [9.17, 15) is 0 Å². The van der Waals surface area contributed by atoms with E-state index < -0.39 is 0 Å². The van der Waals surface area contributed by atoms with Crippen LogP contribution in [0.5, 0.6) is 0 Å². The average molecular weight is 851 g/mol. The first kappa shape index (κ1) is 55.7. The van der Waals surface area contributed by atoms with Crippen LogP contribution in [0.4, 0.5) is 11.4 Å². The van der Waals surface area contributed by atoms with Crippen LogP contribution in [0.15, 0.2) is 58.5 Å². The molecule has 0 atom stereocenters. The number of allylic oxidation sites excluding steroid dienone is 2. The van der Waals surface area contributed by atoms with E-state index in [4.69, 9.17) is 9.98 Å². The maximum atomic E-state index is 5.33. The first-order chi connectivity index (χ1) is 30.6. The fourth-order valence-corrected chi connectivity index (χ4v) is 8.99. The molecule has 0 heterocycles. The van der Waals surface area contributed by atoms with Gasteiger partial charge < -0.3 is 0 Å². The number of benzene rings is 2. The summed E-state index contributed by atoms with van der Waals surface area (Å²) >= 11 is 0. The number of nitrogens with zero attached hydrogens (tertiary/aromatic N) is 2. The molecule has 0 saturated heterocycles. The summed E-state index contributed by atoms with van der Waals surface area (Å²) in [5.74, 6) is 0. The molecule has 0 aliphatic carbocycles. The summed E-state index contributed by atoms with van der Waals surface area (Å²) in [6.07, 6.45) is 59.0. The van der Waals surface area contributed by atoms with Crippen LogP contribution >= 0.6 is 0 Å². The Morgan fingerprint density at radius 1 is 0.339 bits per heavy atom. The molecule has 2 aromatic carbocycles. The maximum absolute atomic E-state index is 5.33.